The molecule has 1 amide bonds. The van der Waals surface area contributed by atoms with Gasteiger partial charge in [0.25, 0.3) is 0 Å². The molecule has 98 valence electrons. The molecule has 1 fully saturated rings. The Balaban J connectivity index is 1.76. The first-order valence-corrected chi connectivity index (χ1v) is 6.88. The molecule has 0 aliphatic carbocycles. The number of nitrogens with zero attached hydrogens (tertiary/aromatic N) is 1. The number of halogens is 1. The van der Waals surface area contributed by atoms with Crippen LogP contribution in [0.4, 0.5) is 4.39 Å². The summed E-state index contributed by atoms with van der Waals surface area (Å²) >= 11 is 1.21. The molecule has 2 heterocycles. The van der Waals surface area contributed by atoms with Crippen LogP contribution < -0.4 is 5.32 Å². The Morgan fingerprint density at radius 3 is 2.83 bits per heavy atom. The number of likely N-dealkylation sites (tertiary alicyclic amines) is 1. The van der Waals surface area contributed by atoms with Gasteiger partial charge in [0.1, 0.15) is 0 Å². The smallest absolute Gasteiger partial charge is 0.243 e. The lowest BCUT2D eigenvalue weighted by atomic mass is 10.0. The Morgan fingerprint density at radius 2 is 2.28 bits per heavy atom. The van der Waals surface area contributed by atoms with Crippen molar-refractivity contribution in [2.24, 2.45) is 0 Å². The highest BCUT2D eigenvalue weighted by Crippen LogP contribution is 2.19. The van der Waals surface area contributed by atoms with E-state index in [1.807, 2.05) is 6.07 Å². The van der Waals surface area contributed by atoms with Gasteiger partial charge in [0.2, 0.25) is 5.91 Å². The van der Waals surface area contributed by atoms with Crippen LogP contribution in [0.2, 0.25) is 0 Å². The van der Waals surface area contributed by atoms with E-state index < -0.39 is 0 Å². The molecule has 1 N–H and O–H groups in total. The highest BCUT2D eigenvalue weighted by Gasteiger charge is 2.20. The predicted molar refractivity (Wildman–Crippen MR) is 70.9 cm³/mol. The van der Waals surface area contributed by atoms with Gasteiger partial charge in [-0.05, 0) is 31.1 Å². The van der Waals surface area contributed by atoms with Crippen molar-refractivity contribution < 1.29 is 9.18 Å². The number of hydrogen-bond acceptors (Lipinski definition) is 3. The summed E-state index contributed by atoms with van der Waals surface area (Å²) in [5, 5.41) is 2.79. The minimum Gasteiger partial charge on any atom is -0.350 e. The molecule has 1 aliphatic heterocycles. The molecular weight excluding hydrogens is 251 g/mol. The quantitative estimate of drug-likeness (QED) is 0.849. The highest BCUT2D eigenvalue weighted by molar-refractivity contribution is 7.10. The van der Waals surface area contributed by atoms with Crippen molar-refractivity contribution in [3.63, 3.8) is 0 Å². The molecule has 3 nitrogen and oxygen atoms in total. The first-order chi connectivity index (χ1) is 8.67. The van der Waals surface area contributed by atoms with Crippen molar-refractivity contribution >= 4 is 17.2 Å². The van der Waals surface area contributed by atoms with E-state index in [4.69, 9.17) is 0 Å². The fraction of sp³-hybridized carbons (Fsp3) is 0.462. The zero-order chi connectivity index (χ0) is 13.0. The first-order valence-electron chi connectivity index (χ1n) is 6.07. The maximum absolute atomic E-state index is 12.9. The molecule has 5 heteroatoms. The van der Waals surface area contributed by atoms with E-state index in [1.165, 1.54) is 23.5 Å². The zero-order valence-electron chi connectivity index (χ0n) is 10.2. The second-order valence-electron chi connectivity index (χ2n) is 4.47. The van der Waals surface area contributed by atoms with Gasteiger partial charge in [-0.2, -0.15) is 4.39 Å². The number of thiophene rings is 1. The molecule has 2 rings (SSSR count). The topological polar surface area (TPSA) is 32.3 Å². The molecule has 0 saturated carbocycles. The summed E-state index contributed by atoms with van der Waals surface area (Å²) < 4.78 is 12.9. The van der Waals surface area contributed by atoms with E-state index in [1.54, 1.807) is 0 Å². The Bertz CT molecular complexity index is 424. The maximum atomic E-state index is 12.9. The fourth-order valence-corrected chi connectivity index (χ4v) is 2.92. The van der Waals surface area contributed by atoms with Crippen LogP contribution in [0.5, 0.6) is 0 Å². The van der Waals surface area contributed by atoms with Gasteiger partial charge < -0.3 is 5.32 Å². The SMILES string of the molecule is C=CC(=O)NC1CCN(Cc2ccc(F)s2)CC1. The molecule has 0 unspecified atom stereocenters. The van der Waals surface area contributed by atoms with Crippen molar-refractivity contribution in [3.05, 3.63) is 34.8 Å². The lowest BCUT2D eigenvalue weighted by Gasteiger charge is -2.31. The lowest BCUT2D eigenvalue weighted by molar-refractivity contribution is -0.117. The van der Waals surface area contributed by atoms with Gasteiger partial charge in [-0.15, -0.1) is 11.3 Å². The fourth-order valence-electron chi connectivity index (χ4n) is 2.15. The number of rotatable bonds is 4. The minimum absolute atomic E-state index is 0.103. The summed E-state index contributed by atoms with van der Waals surface area (Å²) in [5.74, 6) is -0.103. The number of carbonyl (C=O) groups is 1. The van der Waals surface area contributed by atoms with Crippen molar-refractivity contribution in [2.75, 3.05) is 13.1 Å². The number of piperidine rings is 1. The molecule has 0 spiro atoms. The molecule has 0 atom stereocenters. The van der Waals surface area contributed by atoms with Crippen molar-refractivity contribution in [1.29, 1.82) is 0 Å². The van der Waals surface area contributed by atoms with Crippen LogP contribution in [0, 0.1) is 5.13 Å². The number of carbonyl (C=O) groups excluding carboxylic acids is 1. The molecule has 1 saturated heterocycles. The van der Waals surface area contributed by atoms with Gasteiger partial charge in [-0.1, -0.05) is 6.58 Å². The number of nitrogens with one attached hydrogen (secondary N) is 1. The Labute approximate surface area is 110 Å². The third-order valence-electron chi connectivity index (χ3n) is 3.13. The molecule has 0 bridgehead atoms. The van der Waals surface area contributed by atoms with Crippen LogP contribution in [0.1, 0.15) is 17.7 Å². The van der Waals surface area contributed by atoms with E-state index in [2.05, 4.69) is 16.8 Å². The van der Waals surface area contributed by atoms with Gasteiger partial charge in [-0.25, -0.2) is 0 Å². The van der Waals surface area contributed by atoms with Crippen LogP contribution in [-0.4, -0.2) is 29.9 Å². The largest absolute Gasteiger partial charge is 0.350 e. The van der Waals surface area contributed by atoms with Crippen molar-refractivity contribution in [2.45, 2.75) is 25.4 Å². The third-order valence-corrected chi connectivity index (χ3v) is 3.99. The van der Waals surface area contributed by atoms with E-state index in [0.29, 0.717) is 0 Å². The van der Waals surface area contributed by atoms with Gasteiger partial charge in [0, 0.05) is 30.6 Å². The summed E-state index contributed by atoms with van der Waals surface area (Å²) in [6, 6.07) is 3.59. The van der Waals surface area contributed by atoms with Crippen LogP contribution in [0.3, 0.4) is 0 Å². The monoisotopic (exact) mass is 268 g/mol. The molecule has 0 aromatic carbocycles. The number of amides is 1. The summed E-state index contributed by atoms with van der Waals surface area (Å²) in [4.78, 5) is 14.5. The Hall–Kier alpha value is -1.20. The average molecular weight is 268 g/mol. The molecule has 1 aromatic rings. The van der Waals surface area contributed by atoms with Crippen LogP contribution in [0.25, 0.3) is 0 Å². The van der Waals surface area contributed by atoms with Gasteiger partial charge in [0.15, 0.2) is 5.13 Å². The van der Waals surface area contributed by atoms with Gasteiger partial charge >= 0.3 is 0 Å². The van der Waals surface area contributed by atoms with Crippen molar-refractivity contribution in [3.8, 4) is 0 Å². The van der Waals surface area contributed by atoms with E-state index >= 15 is 0 Å². The van der Waals surface area contributed by atoms with Crippen LogP contribution in [0.15, 0.2) is 24.8 Å². The first kappa shape index (κ1) is 13.2. The van der Waals surface area contributed by atoms with Crippen LogP contribution >= 0.6 is 11.3 Å². The summed E-state index contributed by atoms with van der Waals surface area (Å²) in [7, 11) is 0. The minimum atomic E-state index is -0.127. The van der Waals surface area contributed by atoms with Gasteiger partial charge in [0.05, 0.1) is 0 Å². The zero-order valence-corrected chi connectivity index (χ0v) is 11.0. The van der Waals surface area contributed by atoms with Crippen molar-refractivity contribution in [1.82, 2.24) is 10.2 Å². The second kappa shape index (κ2) is 6.11. The average Bonchev–Trinajstić information content (AvgIpc) is 2.77. The second-order valence-corrected chi connectivity index (χ2v) is 5.59. The molecule has 18 heavy (non-hydrogen) atoms. The Morgan fingerprint density at radius 1 is 1.56 bits per heavy atom. The molecule has 1 aliphatic rings. The Kier molecular flexibility index (Phi) is 4.49. The highest BCUT2D eigenvalue weighted by atomic mass is 32.1. The number of hydrogen-bond donors (Lipinski definition) is 1. The van der Waals surface area contributed by atoms with Crippen LogP contribution in [-0.2, 0) is 11.3 Å². The van der Waals surface area contributed by atoms with E-state index in [-0.39, 0.29) is 17.1 Å². The molecule has 0 radical (unpaired) electrons. The molecular formula is C13H17FN2OS. The third kappa shape index (κ3) is 3.65. The van der Waals surface area contributed by atoms with E-state index in [9.17, 15) is 9.18 Å². The summed E-state index contributed by atoms with van der Waals surface area (Å²) in [6.45, 7) is 6.11. The molecule has 1 aromatic heterocycles. The summed E-state index contributed by atoms with van der Waals surface area (Å²) in [5.41, 5.74) is 0. The maximum Gasteiger partial charge on any atom is 0.243 e. The summed E-state index contributed by atoms with van der Waals surface area (Å²) in [6.07, 6.45) is 3.18. The van der Waals surface area contributed by atoms with E-state index in [0.717, 1.165) is 37.4 Å². The lowest BCUT2D eigenvalue weighted by Crippen LogP contribution is -2.43. The normalized spacial score (nSPS) is 17.6. The van der Waals surface area contributed by atoms with Gasteiger partial charge in [-0.3, -0.25) is 9.69 Å². The standard InChI is InChI=1S/C13H17FN2OS/c1-2-13(17)15-10-5-7-16(8-6-10)9-11-3-4-12(14)18-11/h2-4,10H,1,5-9H2,(H,15,17). The predicted octanol–water partition coefficient (Wildman–Crippen LogP) is 2.15.